The minimum absolute atomic E-state index is 0.153. The average Bonchev–Trinajstić information content (AvgIpc) is 2.54. The molecule has 116 valence electrons. The van der Waals surface area contributed by atoms with Gasteiger partial charge in [0.15, 0.2) is 0 Å². The Hall–Kier alpha value is -2.38. The maximum atomic E-state index is 12.2. The number of hydrogen-bond donors (Lipinski definition) is 1. The standard InChI is InChI=1S/C15H16N2O4S/c1-17(21-2)15(18)12-7-6-8-13(11-12)16-22(19,20)14-9-4-3-5-10-14/h3-11,16H,1-2H3. The smallest absolute Gasteiger partial charge is 0.277 e. The molecule has 1 N–H and O–H groups in total. The third kappa shape index (κ3) is 3.63. The van der Waals surface area contributed by atoms with E-state index < -0.39 is 10.0 Å². The molecule has 0 heterocycles. The van der Waals surface area contributed by atoms with Crippen LogP contribution in [-0.4, -0.2) is 33.5 Å². The molecule has 0 unspecified atom stereocenters. The van der Waals surface area contributed by atoms with Gasteiger partial charge in [0.25, 0.3) is 15.9 Å². The van der Waals surface area contributed by atoms with Crippen molar-refractivity contribution in [3.05, 3.63) is 60.2 Å². The predicted octanol–water partition coefficient (Wildman–Crippen LogP) is 2.12. The number of carbonyl (C=O) groups is 1. The van der Waals surface area contributed by atoms with Crippen molar-refractivity contribution in [2.75, 3.05) is 18.9 Å². The number of anilines is 1. The van der Waals surface area contributed by atoms with E-state index in [2.05, 4.69) is 4.72 Å². The molecule has 2 aromatic rings. The first kappa shape index (κ1) is 16.0. The summed E-state index contributed by atoms with van der Waals surface area (Å²) in [6.45, 7) is 0. The molecule has 7 heteroatoms. The number of amides is 1. The number of nitrogens with zero attached hydrogens (tertiary/aromatic N) is 1. The summed E-state index contributed by atoms with van der Waals surface area (Å²) in [4.78, 5) is 17.0. The zero-order valence-electron chi connectivity index (χ0n) is 12.2. The third-order valence-corrected chi connectivity index (χ3v) is 4.37. The summed E-state index contributed by atoms with van der Waals surface area (Å²) < 4.78 is 26.9. The number of nitrogens with one attached hydrogen (secondary N) is 1. The van der Waals surface area contributed by atoms with E-state index in [4.69, 9.17) is 4.84 Å². The van der Waals surface area contributed by atoms with Crippen LogP contribution in [0.1, 0.15) is 10.4 Å². The molecule has 0 aliphatic rings. The highest BCUT2D eigenvalue weighted by Crippen LogP contribution is 2.17. The van der Waals surface area contributed by atoms with Gasteiger partial charge in [-0.3, -0.25) is 14.4 Å². The summed E-state index contributed by atoms with van der Waals surface area (Å²) >= 11 is 0. The molecule has 2 aromatic carbocycles. The molecular weight excluding hydrogens is 304 g/mol. The second-order valence-corrected chi connectivity index (χ2v) is 6.17. The fraction of sp³-hybridized carbons (Fsp3) is 0.133. The van der Waals surface area contributed by atoms with Crippen LogP contribution < -0.4 is 4.72 Å². The molecule has 1 amide bonds. The van der Waals surface area contributed by atoms with Gasteiger partial charge in [-0.15, -0.1) is 0 Å². The second kappa shape index (κ2) is 6.59. The zero-order valence-corrected chi connectivity index (χ0v) is 13.0. The van der Waals surface area contributed by atoms with Crippen LogP contribution in [0.5, 0.6) is 0 Å². The fourth-order valence-corrected chi connectivity index (χ4v) is 2.86. The van der Waals surface area contributed by atoms with E-state index in [9.17, 15) is 13.2 Å². The van der Waals surface area contributed by atoms with Crippen molar-refractivity contribution in [1.82, 2.24) is 5.06 Å². The number of hydrogen-bond acceptors (Lipinski definition) is 4. The highest BCUT2D eigenvalue weighted by atomic mass is 32.2. The highest BCUT2D eigenvalue weighted by molar-refractivity contribution is 7.92. The first-order valence-corrected chi connectivity index (χ1v) is 7.92. The Kier molecular flexibility index (Phi) is 4.79. The molecule has 0 aromatic heterocycles. The second-order valence-electron chi connectivity index (χ2n) is 4.48. The Morgan fingerprint density at radius 2 is 1.77 bits per heavy atom. The molecule has 0 saturated carbocycles. The normalized spacial score (nSPS) is 11.0. The monoisotopic (exact) mass is 320 g/mol. The van der Waals surface area contributed by atoms with E-state index in [1.807, 2.05) is 0 Å². The van der Waals surface area contributed by atoms with E-state index >= 15 is 0 Å². The first-order valence-electron chi connectivity index (χ1n) is 6.44. The van der Waals surface area contributed by atoms with Gasteiger partial charge in [0.2, 0.25) is 0 Å². The lowest BCUT2D eigenvalue weighted by Gasteiger charge is -2.14. The zero-order chi connectivity index (χ0) is 16.2. The van der Waals surface area contributed by atoms with Crippen molar-refractivity contribution < 1.29 is 18.0 Å². The van der Waals surface area contributed by atoms with Gasteiger partial charge in [-0.1, -0.05) is 24.3 Å². The SMILES string of the molecule is CON(C)C(=O)c1cccc(NS(=O)(=O)c2ccccc2)c1. The molecule has 2 rings (SSSR count). The lowest BCUT2D eigenvalue weighted by atomic mass is 10.2. The Morgan fingerprint density at radius 1 is 1.09 bits per heavy atom. The molecule has 0 saturated heterocycles. The molecule has 0 bridgehead atoms. The van der Waals surface area contributed by atoms with Crippen LogP contribution in [0.3, 0.4) is 0 Å². The molecular formula is C15H16N2O4S. The molecule has 0 aliphatic heterocycles. The van der Waals surface area contributed by atoms with Gasteiger partial charge in [-0.05, 0) is 30.3 Å². The molecule has 0 atom stereocenters. The van der Waals surface area contributed by atoms with Gasteiger partial charge < -0.3 is 0 Å². The van der Waals surface area contributed by atoms with Crippen LogP contribution in [0.15, 0.2) is 59.5 Å². The Morgan fingerprint density at radius 3 is 2.41 bits per heavy atom. The van der Waals surface area contributed by atoms with Crippen molar-refractivity contribution >= 4 is 21.6 Å². The van der Waals surface area contributed by atoms with Crippen LogP contribution in [0.4, 0.5) is 5.69 Å². The molecule has 0 aliphatic carbocycles. The molecule has 6 nitrogen and oxygen atoms in total. The number of rotatable bonds is 5. The van der Waals surface area contributed by atoms with Crippen LogP contribution in [0.25, 0.3) is 0 Å². The van der Waals surface area contributed by atoms with Crippen LogP contribution >= 0.6 is 0 Å². The summed E-state index contributed by atoms with van der Waals surface area (Å²) in [5.41, 5.74) is 0.622. The quantitative estimate of drug-likeness (QED) is 0.856. The largest absolute Gasteiger partial charge is 0.280 e. The fourth-order valence-electron chi connectivity index (χ4n) is 1.79. The van der Waals surface area contributed by atoms with Crippen LogP contribution in [0.2, 0.25) is 0 Å². The van der Waals surface area contributed by atoms with Gasteiger partial charge in [0.1, 0.15) is 0 Å². The molecule has 0 radical (unpaired) electrons. The van der Waals surface area contributed by atoms with Gasteiger partial charge in [-0.25, -0.2) is 13.5 Å². The summed E-state index contributed by atoms with van der Waals surface area (Å²) in [5.74, 6) is -0.372. The minimum Gasteiger partial charge on any atom is -0.280 e. The summed E-state index contributed by atoms with van der Waals surface area (Å²) in [7, 11) is -0.838. The maximum absolute atomic E-state index is 12.2. The van der Waals surface area contributed by atoms with Gasteiger partial charge >= 0.3 is 0 Å². The Bertz CT molecular complexity index is 760. The van der Waals surface area contributed by atoms with E-state index in [-0.39, 0.29) is 10.8 Å². The first-order chi connectivity index (χ1) is 10.4. The van der Waals surface area contributed by atoms with Crippen molar-refractivity contribution in [2.24, 2.45) is 0 Å². The lowest BCUT2D eigenvalue weighted by molar-refractivity contribution is -0.0756. The van der Waals surface area contributed by atoms with Gasteiger partial charge in [0.05, 0.1) is 12.0 Å². The number of carbonyl (C=O) groups excluding carboxylic acids is 1. The van der Waals surface area contributed by atoms with Crippen molar-refractivity contribution in [1.29, 1.82) is 0 Å². The van der Waals surface area contributed by atoms with Crippen LogP contribution in [-0.2, 0) is 14.9 Å². The number of benzene rings is 2. The number of sulfonamides is 1. The summed E-state index contributed by atoms with van der Waals surface area (Å²) in [6.07, 6.45) is 0. The third-order valence-electron chi connectivity index (χ3n) is 2.98. The van der Waals surface area contributed by atoms with E-state index in [0.717, 1.165) is 5.06 Å². The Balaban J connectivity index is 2.26. The summed E-state index contributed by atoms with van der Waals surface area (Å²) in [6, 6.07) is 14.2. The predicted molar refractivity (Wildman–Crippen MR) is 82.8 cm³/mol. The van der Waals surface area contributed by atoms with E-state index in [0.29, 0.717) is 11.3 Å². The minimum atomic E-state index is -3.69. The topological polar surface area (TPSA) is 75.7 Å². The highest BCUT2D eigenvalue weighted by Gasteiger charge is 2.16. The summed E-state index contributed by atoms with van der Waals surface area (Å²) in [5, 5.41) is 1.06. The lowest BCUT2D eigenvalue weighted by Crippen LogP contribution is -2.25. The van der Waals surface area contributed by atoms with Crippen molar-refractivity contribution in [3.8, 4) is 0 Å². The van der Waals surface area contributed by atoms with Crippen LogP contribution in [0, 0.1) is 0 Å². The van der Waals surface area contributed by atoms with E-state index in [1.165, 1.54) is 32.4 Å². The molecule has 22 heavy (non-hydrogen) atoms. The maximum Gasteiger partial charge on any atom is 0.277 e. The Labute approximate surface area is 129 Å². The van der Waals surface area contributed by atoms with E-state index in [1.54, 1.807) is 36.4 Å². The average molecular weight is 320 g/mol. The van der Waals surface area contributed by atoms with Gasteiger partial charge in [-0.2, -0.15) is 0 Å². The number of hydroxylamine groups is 2. The van der Waals surface area contributed by atoms with Gasteiger partial charge in [0, 0.05) is 18.3 Å². The molecule has 0 spiro atoms. The molecule has 0 fully saturated rings. The van der Waals surface area contributed by atoms with Crippen molar-refractivity contribution in [3.63, 3.8) is 0 Å². The van der Waals surface area contributed by atoms with Crippen molar-refractivity contribution in [2.45, 2.75) is 4.90 Å².